The van der Waals surface area contributed by atoms with Gasteiger partial charge in [-0.2, -0.15) is 36.4 Å². The Morgan fingerprint density at radius 3 is 1.85 bits per heavy atom. The van der Waals surface area contributed by atoms with Crippen LogP contribution in [-0.4, -0.2) is 0 Å². The van der Waals surface area contributed by atoms with Crippen molar-refractivity contribution in [3.8, 4) is 0 Å². The molecule has 0 unspecified atom stereocenters. The van der Waals surface area contributed by atoms with Gasteiger partial charge in [-0.15, -0.1) is 0 Å². The largest absolute Gasteiger partial charge is 0.706 e. The van der Waals surface area contributed by atoms with Crippen LogP contribution in [0.25, 0.3) is 0 Å². The molecular weight excluding hydrogens is 372 g/mol. The molecule has 0 fully saturated rings. The van der Waals surface area contributed by atoms with Crippen LogP contribution in [0.5, 0.6) is 0 Å². The van der Waals surface area contributed by atoms with Crippen LogP contribution < -0.4 is 0 Å². The van der Waals surface area contributed by atoms with Gasteiger partial charge in [0.15, 0.2) is 0 Å². The quantitative estimate of drug-likeness (QED) is 0.205. The predicted octanol–water partition coefficient (Wildman–Crippen LogP) is 4.46. The van der Waals surface area contributed by atoms with Gasteiger partial charge in [-0.1, -0.05) is 11.7 Å². The van der Waals surface area contributed by atoms with E-state index in [1.165, 1.54) is 19.7 Å². The maximum atomic E-state index is 4.53. The van der Waals surface area contributed by atoms with Crippen molar-refractivity contribution in [1.82, 2.24) is 0 Å². The van der Waals surface area contributed by atoms with Crippen molar-refractivity contribution in [2.24, 2.45) is 0 Å². The molecule has 7 heteroatoms. The summed E-state index contributed by atoms with van der Waals surface area (Å²) in [5.74, 6) is 0. The second kappa shape index (κ2) is 16.5. The first-order chi connectivity index (χ1) is 5.91. The first kappa shape index (κ1) is 17.5. The Labute approximate surface area is 120 Å². The summed E-state index contributed by atoms with van der Waals surface area (Å²) in [6.07, 6.45) is 0. The molecule has 1 radical (unpaired) electrons. The van der Waals surface area contributed by atoms with E-state index < -0.39 is 0 Å². The third kappa shape index (κ3) is 16.7. The van der Waals surface area contributed by atoms with Crippen LogP contribution in [0, 0.1) is 6.07 Å². The average Bonchev–Trinajstić information content (AvgIpc) is 2.18. The Balaban J connectivity index is 0. The maximum Gasteiger partial charge on any atom is 0 e. The van der Waals surface area contributed by atoms with Crippen LogP contribution in [0.15, 0.2) is 30.3 Å². The molecule has 13 heavy (non-hydrogen) atoms. The molecule has 0 saturated carbocycles. The average molecular weight is 378 g/mol. The Bertz CT molecular complexity index is 130. The van der Waals surface area contributed by atoms with Crippen molar-refractivity contribution < 1.29 is 22.4 Å². The van der Waals surface area contributed by atoms with E-state index in [0.717, 1.165) is 0 Å². The summed E-state index contributed by atoms with van der Waals surface area (Å²) < 4.78 is 0. The summed E-state index contributed by atoms with van der Waals surface area (Å²) in [6.45, 7) is 0. The predicted molar refractivity (Wildman–Crippen MR) is 72.0 cm³/mol. The summed E-state index contributed by atoms with van der Waals surface area (Å²) >= 11 is 8.38. The summed E-state index contributed by atoms with van der Waals surface area (Å²) in [5, 5.41) is 0. The monoisotopic (exact) mass is 377 g/mol. The van der Waals surface area contributed by atoms with Gasteiger partial charge in [-0.3, -0.25) is 9.83 Å². The first-order valence-electron chi connectivity index (χ1n) is 2.76. The Hall–Kier alpha value is 2.06. The topological polar surface area (TPSA) is 0 Å². The molecule has 0 N–H and O–H groups in total. The molecule has 0 nitrogen and oxygen atoms in total. The van der Waals surface area contributed by atoms with Crippen LogP contribution >= 0.6 is 51.0 Å². The molecule has 79 valence electrons. The van der Waals surface area contributed by atoms with Crippen molar-refractivity contribution in [1.29, 1.82) is 0 Å². The SMILES string of the molecule is [Ag].[S-]SSSSS.[c-]1ccccc1. The van der Waals surface area contributed by atoms with Gasteiger partial charge < -0.3 is 11.7 Å². The fraction of sp³-hybridized carbons (Fsp3) is 0. The van der Waals surface area contributed by atoms with Gasteiger partial charge in [0, 0.05) is 22.4 Å². The molecule has 0 atom stereocenters. The van der Waals surface area contributed by atoms with Gasteiger partial charge in [-0.05, 0) is 29.5 Å². The summed E-state index contributed by atoms with van der Waals surface area (Å²) in [4.78, 5) is 0. The molecule has 0 heterocycles. The van der Waals surface area contributed by atoms with Crippen molar-refractivity contribution in [2.45, 2.75) is 0 Å². The van der Waals surface area contributed by atoms with Crippen molar-refractivity contribution in [2.75, 3.05) is 0 Å². The summed E-state index contributed by atoms with van der Waals surface area (Å²) in [7, 11) is 5.84. The molecule has 0 aromatic heterocycles. The van der Waals surface area contributed by atoms with Gasteiger partial charge in [0.2, 0.25) is 0 Å². The maximum absolute atomic E-state index is 4.53. The molecule has 0 aliphatic heterocycles. The van der Waals surface area contributed by atoms with Crippen LogP contribution in [0.1, 0.15) is 0 Å². The van der Waals surface area contributed by atoms with Crippen molar-refractivity contribution in [3.63, 3.8) is 0 Å². The van der Waals surface area contributed by atoms with E-state index in [1.807, 2.05) is 30.3 Å². The normalized spacial score (nSPS) is 7.85. The van der Waals surface area contributed by atoms with E-state index in [9.17, 15) is 0 Å². The standard InChI is InChI=1S/C6H5.Ag.H2S6/c1-2-4-6-5-3-1;;1-3-5-6-4-2/h1-5H;;1-2H/q-1;;/p-1. The first-order valence-corrected chi connectivity index (χ1v) is 9.55. The molecular formula is C6H6AgS6-2. The van der Waals surface area contributed by atoms with Crippen LogP contribution in [0.2, 0.25) is 0 Å². The fourth-order valence-corrected chi connectivity index (χ4v) is 6.12. The smallest absolute Gasteiger partial charge is 0 e. The van der Waals surface area contributed by atoms with Gasteiger partial charge in [0.05, 0.1) is 0 Å². The molecule has 0 amide bonds. The van der Waals surface area contributed by atoms with Crippen LogP contribution in [0.3, 0.4) is 0 Å². The van der Waals surface area contributed by atoms with E-state index in [2.05, 4.69) is 29.4 Å². The zero-order chi connectivity index (χ0) is 9.07. The third-order valence-electron chi connectivity index (χ3n) is 0.693. The van der Waals surface area contributed by atoms with E-state index in [1.54, 1.807) is 19.7 Å². The van der Waals surface area contributed by atoms with Crippen LogP contribution in [0.4, 0.5) is 0 Å². The second-order valence-electron chi connectivity index (χ2n) is 1.36. The molecule has 0 aliphatic rings. The summed E-state index contributed by atoms with van der Waals surface area (Å²) in [5.41, 5.74) is 0. The van der Waals surface area contributed by atoms with Gasteiger partial charge in [-0.25, -0.2) is 0 Å². The minimum Gasteiger partial charge on any atom is -0.706 e. The van der Waals surface area contributed by atoms with E-state index in [-0.39, 0.29) is 22.4 Å². The molecule has 0 bridgehead atoms. The molecule has 0 aliphatic carbocycles. The Morgan fingerprint density at radius 2 is 1.69 bits per heavy atom. The number of thiol groups is 1. The Kier molecular flexibility index (Phi) is 22.1. The zero-order valence-electron chi connectivity index (χ0n) is 6.18. The summed E-state index contributed by atoms with van der Waals surface area (Å²) in [6, 6.07) is 12.5. The van der Waals surface area contributed by atoms with Gasteiger partial charge in [0.1, 0.15) is 0 Å². The molecule has 0 spiro atoms. The van der Waals surface area contributed by atoms with Crippen molar-refractivity contribution in [3.05, 3.63) is 36.4 Å². The van der Waals surface area contributed by atoms with Crippen LogP contribution in [-0.2, 0) is 34.0 Å². The fourth-order valence-electron chi connectivity index (χ4n) is 0.366. The molecule has 0 saturated heterocycles. The van der Waals surface area contributed by atoms with E-state index in [4.69, 9.17) is 0 Å². The second-order valence-corrected chi connectivity index (χ2v) is 8.60. The molecule has 1 aromatic carbocycles. The van der Waals surface area contributed by atoms with Gasteiger partial charge >= 0.3 is 0 Å². The van der Waals surface area contributed by atoms with Crippen molar-refractivity contribution >= 4 is 62.6 Å². The van der Waals surface area contributed by atoms with E-state index >= 15 is 0 Å². The van der Waals surface area contributed by atoms with Gasteiger partial charge in [0.25, 0.3) is 0 Å². The third-order valence-corrected chi connectivity index (χ3v) is 7.57. The number of hydrogen-bond acceptors (Lipinski definition) is 6. The molecule has 1 rings (SSSR count). The Morgan fingerprint density at radius 1 is 1.08 bits per heavy atom. The minimum atomic E-state index is 0. The number of hydrogen-bond donors (Lipinski definition) is 1. The number of benzene rings is 1. The zero-order valence-corrected chi connectivity index (χ0v) is 12.6. The number of rotatable bonds is 3. The minimum absolute atomic E-state index is 0. The molecule has 1 aromatic rings. The van der Waals surface area contributed by atoms with E-state index in [0.29, 0.717) is 0 Å².